The molecular formula is C57H68O2. The van der Waals surface area contributed by atoms with E-state index in [4.69, 9.17) is 9.47 Å². The van der Waals surface area contributed by atoms with Gasteiger partial charge in [0.05, 0.1) is 14.2 Å². The number of hydrogen-bond donors (Lipinski definition) is 0. The highest BCUT2D eigenvalue weighted by molar-refractivity contribution is 5.89. The van der Waals surface area contributed by atoms with Gasteiger partial charge in [-0.05, 0) is 180 Å². The third-order valence-electron chi connectivity index (χ3n) is 13.4. The summed E-state index contributed by atoms with van der Waals surface area (Å²) in [7, 11) is 3.65. The van der Waals surface area contributed by atoms with E-state index in [2.05, 4.69) is 196 Å². The lowest BCUT2D eigenvalue weighted by Crippen LogP contribution is -2.20. The molecule has 0 atom stereocenters. The molecule has 59 heavy (non-hydrogen) atoms. The monoisotopic (exact) mass is 785 g/mol. The second-order valence-corrected chi connectivity index (χ2v) is 19.8. The zero-order valence-electron chi connectivity index (χ0n) is 39.4. The van der Waals surface area contributed by atoms with E-state index in [0.717, 1.165) is 44.9 Å². The fraction of sp³-hybridized carbons (Fsp3) is 0.368. The van der Waals surface area contributed by atoms with Crippen LogP contribution in [0.25, 0.3) is 44.5 Å². The Bertz CT molecular complexity index is 2320. The third-order valence-corrected chi connectivity index (χ3v) is 13.4. The number of aryl methyl sites for hydroxylation is 4. The minimum atomic E-state index is -0.441. The fourth-order valence-electron chi connectivity index (χ4n) is 8.93. The lowest BCUT2D eigenvalue weighted by molar-refractivity contribution is 0.417. The zero-order valence-corrected chi connectivity index (χ0v) is 39.4. The molecule has 0 spiro atoms. The molecule has 2 nitrogen and oxygen atoms in total. The molecule has 0 radical (unpaired) electrons. The first-order valence-electron chi connectivity index (χ1n) is 21.3. The number of ether oxygens (including phenoxy) is 2. The van der Waals surface area contributed by atoms with Crippen LogP contribution in [0, 0.1) is 55.4 Å². The molecule has 0 heterocycles. The van der Waals surface area contributed by atoms with Crippen LogP contribution < -0.4 is 9.47 Å². The third kappa shape index (κ3) is 8.01. The first-order valence-corrected chi connectivity index (χ1v) is 21.3. The molecule has 0 aliphatic rings. The predicted octanol–water partition coefficient (Wildman–Crippen LogP) is 15.8. The molecule has 0 saturated heterocycles. The largest absolute Gasteiger partial charge is 0.495 e. The van der Waals surface area contributed by atoms with Gasteiger partial charge in [-0.1, -0.05) is 116 Å². The summed E-state index contributed by atoms with van der Waals surface area (Å²) in [6.07, 6.45) is 0. The Morgan fingerprint density at radius 2 is 0.610 bits per heavy atom. The van der Waals surface area contributed by atoms with Gasteiger partial charge in [-0.25, -0.2) is 0 Å². The Morgan fingerprint density at radius 1 is 0.339 bits per heavy atom. The molecule has 6 aromatic rings. The average Bonchev–Trinajstić information content (AvgIpc) is 3.18. The molecule has 0 N–H and O–H groups in total. The molecule has 6 rings (SSSR count). The molecule has 308 valence electrons. The van der Waals surface area contributed by atoms with Crippen LogP contribution in [0.2, 0.25) is 0 Å². The van der Waals surface area contributed by atoms with E-state index in [1.165, 1.54) is 77.9 Å². The van der Waals surface area contributed by atoms with Crippen LogP contribution in [0.1, 0.15) is 122 Å². The normalized spacial score (nSPS) is 12.2. The van der Waals surface area contributed by atoms with Gasteiger partial charge in [0, 0.05) is 27.7 Å². The highest BCUT2D eigenvalue weighted by Crippen LogP contribution is 2.50. The smallest absolute Gasteiger partial charge is 0.134 e. The Hall–Kier alpha value is -5.08. The van der Waals surface area contributed by atoms with Gasteiger partial charge in [-0.3, -0.25) is 0 Å². The van der Waals surface area contributed by atoms with Crippen molar-refractivity contribution in [1.29, 1.82) is 0 Å². The van der Waals surface area contributed by atoms with E-state index >= 15 is 0 Å². The van der Waals surface area contributed by atoms with Crippen LogP contribution in [0.4, 0.5) is 0 Å². The first kappa shape index (κ1) is 43.5. The maximum Gasteiger partial charge on any atom is 0.134 e. The van der Waals surface area contributed by atoms with E-state index in [9.17, 15) is 0 Å². The fourth-order valence-corrected chi connectivity index (χ4v) is 8.93. The maximum absolute atomic E-state index is 6.50. The molecular weight excluding hydrogens is 717 g/mol. The Labute approximate surface area is 357 Å². The van der Waals surface area contributed by atoms with Crippen molar-refractivity contribution >= 4 is 0 Å². The van der Waals surface area contributed by atoms with Crippen LogP contribution in [-0.4, -0.2) is 14.2 Å². The molecule has 0 amide bonds. The number of rotatable bonds is 8. The van der Waals surface area contributed by atoms with Gasteiger partial charge >= 0.3 is 0 Å². The molecule has 0 aliphatic carbocycles. The molecule has 6 aromatic carbocycles. The summed E-state index contributed by atoms with van der Waals surface area (Å²) in [5.74, 6) is 1.81. The average molecular weight is 785 g/mol. The molecule has 0 fully saturated rings. The lowest BCUT2D eigenvalue weighted by Gasteiger charge is -2.31. The summed E-state index contributed by atoms with van der Waals surface area (Å²) >= 11 is 0. The van der Waals surface area contributed by atoms with Crippen molar-refractivity contribution in [2.24, 2.45) is 0 Å². The minimum Gasteiger partial charge on any atom is -0.495 e. The van der Waals surface area contributed by atoms with E-state index in [-0.39, 0.29) is 10.8 Å². The van der Waals surface area contributed by atoms with Crippen molar-refractivity contribution in [3.8, 4) is 56.0 Å². The second kappa shape index (κ2) is 15.8. The minimum absolute atomic E-state index is 0.0499. The molecule has 0 bridgehead atoms. The highest BCUT2D eigenvalue weighted by atomic mass is 16.5. The molecule has 2 heteroatoms. The van der Waals surface area contributed by atoms with Crippen molar-refractivity contribution in [3.05, 3.63) is 152 Å². The van der Waals surface area contributed by atoms with E-state index in [1.807, 2.05) is 14.2 Å². The molecule has 0 saturated carbocycles. The Morgan fingerprint density at radius 3 is 0.864 bits per heavy atom. The van der Waals surface area contributed by atoms with Gasteiger partial charge in [-0.2, -0.15) is 0 Å². The van der Waals surface area contributed by atoms with E-state index in [1.54, 1.807) is 0 Å². The molecule has 0 unspecified atom stereocenters. The van der Waals surface area contributed by atoms with Crippen molar-refractivity contribution in [1.82, 2.24) is 0 Å². The van der Waals surface area contributed by atoms with Crippen LogP contribution in [-0.2, 0) is 16.2 Å². The summed E-state index contributed by atoms with van der Waals surface area (Å²) in [4.78, 5) is 0. The van der Waals surface area contributed by atoms with E-state index in [0.29, 0.717) is 0 Å². The highest BCUT2D eigenvalue weighted by Gasteiger charge is 2.31. The number of methoxy groups -OCH3 is 2. The van der Waals surface area contributed by atoms with Gasteiger partial charge < -0.3 is 9.47 Å². The first-order chi connectivity index (χ1) is 27.5. The van der Waals surface area contributed by atoms with E-state index < -0.39 is 5.41 Å². The molecule has 0 aromatic heterocycles. The van der Waals surface area contributed by atoms with Crippen molar-refractivity contribution in [2.45, 2.75) is 127 Å². The van der Waals surface area contributed by atoms with Gasteiger partial charge in [0.1, 0.15) is 11.5 Å². The maximum atomic E-state index is 6.50. The van der Waals surface area contributed by atoms with Gasteiger partial charge in [-0.15, -0.1) is 0 Å². The predicted molar refractivity (Wildman–Crippen MR) is 255 cm³/mol. The SMILES string of the molecule is COc1c(-c2ccc(C(C)(C)C)cc2)cc(C(C)(C)c2cc(-c3ccc(C(C)(C)C)cc3)c(OC)c(-c3c(C)c(C)cc(C)c3C)c2)cc1-c1c(C)c(C)cc(C)c1C. The van der Waals surface area contributed by atoms with Crippen molar-refractivity contribution in [3.63, 3.8) is 0 Å². The standard InChI is InChI=1S/C57H68O2/c1-33-27-34(2)38(6)51(37(33)5)49-31-45(29-47(53(49)58-17)41-19-23-43(24-20-41)55(9,10)11)57(15,16)46-30-48(42-21-25-44(26-22-42)56(12,13)14)54(59-18)50(32-46)52-39(7)35(3)28-36(4)40(52)8/h19-32H,1-18H3. The topological polar surface area (TPSA) is 18.5 Å². The Balaban J connectivity index is 1.73. The second-order valence-electron chi connectivity index (χ2n) is 19.8. The van der Waals surface area contributed by atoms with Crippen molar-refractivity contribution in [2.75, 3.05) is 14.2 Å². The van der Waals surface area contributed by atoms with Crippen LogP contribution in [0.5, 0.6) is 11.5 Å². The lowest BCUT2D eigenvalue weighted by atomic mass is 9.73. The summed E-state index contributed by atoms with van der Waals surface area (Å²) < 4.78 is 13.0. The van der Waals surface area contributed by atoms with Crippen LogP contribution in [0.15, 0.2) is 84.9 Å². The number of hydrogen-bond acceptors (Lipinski definition) is 2. The summed E-state index contributed by atoms with van der Waals surface area (Å²) in [6, 6.07) is 32.4. The summed E-state index contributed by atoms with van der Waals surface area (Å²) in [6.45, 7) is 36.3. The quantitative estimate of drug-likeness (QED) is 0.153. The van der Waals surface area contributed by atoms with Gasteiger partial charge in [0.15, 0.2) is 0 Å². The zero-order chi connectivity index (χ0) is 43.5. The summed E-state index contributed by atoms with van der Waals surface area (Å²) in [5.41, 5.74) is 24.2. The number of benzene rings is 6. The van der Waals surface area contributed by atoms with Gasteiger partial charge in [0.2, 0.25) is 0 Å². The van der Waals surface area contributed by atoms with Crippen LogP contribution >= 0.6 is 0 Å². The summed E-state index contributed by atoms with van der Waals surface area (Å²) in [5, 5.41) is 0. The van der Waals surface area contributed by atoms with Crippen molar-refractivity contribution < 1.29 is 9.47 Å². The van der Waals surface area contributed by atoms with Crippen LogP contribution in [0.3, 0.4) is 0 Å². The molecule has 0 aliphatic heterocycles. The van der Waals surface area contributed by atoms with Gasteiger partial charge in [0.25, 0.3) is 0 Å². The Kier molecular flexibility index (Phi) is 11.7.